The van der Waals surface area contributed by atoms with E-state index in [1.54, 1.807) is 0 Å². The van der Waals surface area contributed by atoms with Gasteiger partial charge in [-0.15, -0.1) is 0 Å². The molecule has 7 nitrogen and oxygen atoms in total. The molecule has 150 valence electrons. The molecule has 6 rings (SSSR count). The molecule has 1 aromatic rings. The van der Waals surface area contributed by atoms with Crippen molar-refractivity contribution in [1.82, 2.24) is 15.1 Å². The molecular weight excluding hydrogens is 358 g/mol. The zero-order valence-corrected chi connectivity index (χ0v) is 16.2. The molecule has 2 bridgehead atoms. The number of piperidine rings is 3. The molecule has 4 saturated heterocycles. The maximum atomic E-state index is 13.0. The topological polar surface area (TPSA) is 71.1 Å². The summed E-state index contributed by atoms with van der Waals surface area (Å²) in [7, 11) is 0. The highest BCUT2D eigenvalue weighted by molar-refractivity contribution is 6.35. The second-order valence-electron chi connectivity index (χ2n) is 8.29. The Morgan fingerprint density at radius 3 is 2.71 bits per heavy atom. The van der Waals surface area contributed by atoms with E-state index in [0.29, 0.717) is 19.0 Å². The highest BCUT2D eigenvalue weighted by atomic mass is 16.7. The summed E-state index contributed by atoms with van der Waals surface area (Å²) < 4.78 is 11.0. The number of rotatable bonds is 3. The second kappa shape index (κ2) is 6.95. The van der Waals surface area contributed by atoms with Gasteiger partial charge in [-0.3, -0.25) is 14.5 Å². The molecule has 3 atom stereocenters. The van der Waals surface area contributed by atoms with Crippen LogP contribution in [0.15, 0.2) is 18.2 Å². The number of benzene rings is 1. The van der Waals surface area contributed by atoms with Crippen LogP contribution in [0.4, 0.5) is 0 Å². The SMILES string of the molecule is CCCNC(=O)C(=O)N1C[C@@H](c2ccc3c(c2)OCO3)[C@@H]2[C@H]1C1CCN2CC1. The van der Waals surface area contributed by atoms with Gasteiger partial charge in [-0.25, -0.2) is 0 Å². The van der Waals surface area contributed by atoms with Crippen LogP contribution in [0.2, 0.25) is 0 Å². The van der Waals surface area contributed by atoms with E-state index in [1.165, 1.54) is 0 Å². The molecular formula is C21H27N3O4. The smallest absolute Gasteiger partial charge is 0.312 e. The van der Waals surface area contributed by atoms with Crippen molar-refractivity contribution in [1.29, 1.82) is 0 Å². The summed E-state index contributed by atoms with van der Waals surface area (Å²) in [5, 5.41) is 2.76. The summed E-state index contributed by atoms with van der Waals surface area (Å²) in [6.07, 6.45) is 3.03. The minimum atomic E-state index is -0.469. The van der Waals surface area contributed by atoms with Crippen LogP contribution >= 0.6 is 0 Å². The number of hydrogen-bond acceptors (Lipinski definition) is 5. The van der Waals surface area contributed by atoms with Gasteiger partial charge in [0.2, 0.25) is 6.79 Å². The molecule has 1 aromatic carbocycles. The van der Waals surface area contributed by atoms with Gasteiger partial charge in [-0.2, -0.15) is 0 Å². The Balaban J connectivity index is 1.45. The first kappa shape index (κ1) is 17.8. The maximum Gasteiger partial charge on any atom is 0.312 e. The van der Waals surface area contributed by atoms with Crippen molar-refractivity contribution >= 4 is 11.8 Å². The Kier molecular flexibility index (Phi) is 4.42. The van der Waals surface area contributed by atoms with Crippen molar-refractivity contribution in [2.75, 3.05) is 33.0 Å². The molecule has 1 N–H and O–H groups in total. The predicted molar refractivity (Wildman–Crippen MR) is 102 cm³/mol. The molecule has 0 radical (unpaired) electrons. The molecule has 28 heavy (non-hydrogen) atoms. The minimum absolute atomic E-state index is 0.123. The van der Waals surface area contributed by atoms with E-state index < -0.39 is 5.91 Å². The second-order valence-corrected chi connectivity index (χ2v) is 8.29. The molecule has 0 aromatic heterocycles. The quantitative estimate of drug-likeness (QED) is 0.795. The van der Waals surface area contributed by atoms with Crippen LogP contribution in [0.5, 0.6) is 11.5 Å². The molecule has 0 unspecified atom stereocenters. The van der Waals surface area contributed by atoms with Crippen molar-refractivity contribution in [3.05, 3.63) is 23.8 Å². The summed E-state index contributed by atoms with van der Waals surface area (Å²) in [6, 6.07) is 6.50. The summed E-state index contributed by atoms with van der Waals surface area (Å²) >= 11 is 0. The standard InChI is InChI=1S/C21H27N3O4/c1-2-7-22-20(25)21(26)24-11-15(14-3-4-16-17(10-14)28-12-27-16)19-18(24)13-5-8-23(19)9-6-13/h3-4,10,13,15,18-19H,2,5-9,11-12H2,1H3,(H,22,25)/t15-,18+,19+/m0/s1. The predicted octanol–water partition coefficient (Wildman–Crippen LogP) is 1.33. The van der Waals surface area contributed by atoms with E-state index in [4.69, 9.17) is 9.47 Å². The van der Waals surface area contributed by atoms with E-state index in [9.17, 15) is 9.59 Å². The monoisotopic (exact) mass is 385 g/mol. The number of hydrogen-bond donors (Lipinski definition) is 1. The average molecular weight is 385 g/mol. The van der Waals surface area contributed by atoms with Gasteiger partial charge in [-0.05, 0) is 56.0 Å². The number of carbonyl (C=O) groups is 2. The Labute approximate surface area is 165 Å². The first-order chi connectivity index (χ1) is 13.7. The lowest BCUT2D eigenvalue weighted by molar-refractivity contribution is -0.148. The number of amides is 2. The highest BCUT2D eigenvalue weighted by Crippen LogP contribution is 2.47. The van der Waals surface area contributed by atoms with Crippen LogP contribution in [0, 0.1) is 5.92 Å². The average Bonchev–Trinajstić information content (AvgIpc) is 3.37. The molecule has 5 heterocycles. The summed E-state index contributed by atoms with van der Waals surface area (Å²) in [5.41, 5.74) is 1.16. The zero-order valence-electron chi connectivity index (χ0n) is 16.2. The first-order valence-corrected chi connectivity index (χ1v) is 10.4. The van der Waals surface area contributed by atoms with Crippen LogP contribution < -0.4 is 14.8 Å². The third-order valence-corrected chi connectivity index (χ3v) is 6.81. The number of nitrogens with zero attached hydrogens (tertiary/aromatic N) is 2. The lowest BCUT2D eigenvalue weighted by Crippen LogP contribution is -2.61. The summed E-state index contributed by atoms with van der Waals surface area (Å²) in [4.78, 5) is 29.8. The van der Waals surface area contributed by atoms with E-state index >= 15 is 0 Å². The number of fused-ring (bicyclic) bond motifs is 3. The zero-order chi connectivity index (χ0) is 19.3. The Hall–Kier alpha value is -2.28. The van der Waals surface area contributed by atoms with Crippen molar-refractivity contribution in [2.45, 2.75) is 44.2 Å². The van der Waals surface area contributed by atoms with E-state index in [1.807, 2.05) is 17.9 Å². The lowest BCUT2D eigenvalue weighted by atomic mass is 9.75. The van der Waals surface area contributed by atoms with Gasteiger partial charge < -0.3 is 19.7 Å². The van der Waals surface area contributed by atoms with Crippen molar-refractivity contribution in [2.24, 2.45) is 5.92 Å². The van der Waals surface area contributed by atoms with Gasteiger partial charge in [0.05, 0.1) is 6.04 Å². The third-order valence-electron chi connectivity index (χ3n) is 6.81. The Morgan fingerprint density at radius 2 is 1.93 bits per heavy atom. The van der Waals surface area contributed by atoms with Gasteiger partial charge in [0.1, 0.15) is 0 Å². The van der Waals surface area contributed by atoms with Gasteiger partial charge in [-0.1, -0.05) is 13.0 Å². The number of carbonyl (C=O) groups excluding carboxylic acids is 2. The van der Waals surface area contributed by atoms with Crippen molar-refractivity contribution < 1.29 is 19.1 Å². The van der Waals surface area contributed by atoms with Crippen LogP contribution in [0.25, 0.3) is 0 Å². The molecule has 7 heteroatoms. The molecule has 0 aliphatic carbocycles. The third kappa shape index (κ3) is 2.75. The van der Waals surface area contributed by atoms with Crippen LogP contribution in [0.3, 0.4) is 0 Å². The van der Waals surface area contributed by atoms with Crippen molar-refractivity contribution in [3.8, 4) is 11.5 Å². The van der Waals surface area contributed by atoms with Crippen LogP contribution in [-0.4, -0.2) is 66.7 Å². The van der Waals surface area contributed by atoms with Gasteiger partial charge in [0, 0.05) is 25.0 Å². The van der Waals surface area contributed by atoms with E-state index in [0.717, 1.165) is 49.4 Å². The summed E-state index contributed by atoms with van der Waals surface area (Å²) in [6.45, 7) is 5.52. The van der Waals surface area contributed by atoms with Gasteiger partial charge >= 0.3 is 11.8 Å². The molecule has 5 aliphatic rings. The lowest BCUT2D eigenvalue weighted by Gasteiger charge is -2.51. The van der Waals surface area contributed by atoms with Gasteiger partial charge in [0.25, 0.3) is 0 Å². The summed E-state index contributed by atoms with van der Waals surface area (Å²) in [5.74, 6) is 1.37. The largest absolute Gasteiger partial charge is 0.454 e. The fourth-order valence-corrected chi connectivity index (χ4v) is 5.54. The maximum absolute atomic E-state index is 13.0. The first-order valence-electron chi connectivity index (χ1n) is 10.4. The van der Waals surface area contributed by atoms with Crippen LogP contribution in [-0.2, 0) is 9.59 Å². The van der Waals surface area contributed by atoms with E-state index in [-0.39, 0.29) is 30.7 Å². The normalized spacial score (nSPS) is 32.3. The Bertz CT molecular complexity index is 790. The number of likely N-dealkylation sites (tertiary alicyclic amines) is 1. The fraction of sp³-hybridized carbons (Fsp3) is 0.619. The molecule has 5 aliphatic heterocycles. The molecule has 2 amide bonds. The van der Waals surface area contributed by atoms with Gasteiger partial charge in [0.15, 0.2) is 11.5 Å². The van der Waals surface area contributed by atoms with Crippen LogP contribution in [0.1, 0.15) is 37.7 Å². The van der Waals surface area contributed by atoms with E-state index in [2.05, 4.69) is 22.3 Å². The fourth-order valence-electron chi connectivity index (χ4n) is 5.54. The number of nitrogens with one attached hydrogen (secondary N) is 1. The minimum Gasteiger partial charge on any atom is -0.454 e. The number of ether oxygens (including phenoxy) is 2. The Morgan fingerprint density at radius 1 is 1.14 bits per heavy atom. The highest BCUT2D eigenvalue weighted by Gasteiger charge is 2.55. The molecule has 4 fully saturated rings. The molecule has 0 saturated carbocycles. The van der Waals surface area contributed by atoms with Crippen molar-refractivity contribution in [3.63, 3.8) is 0 Å². The molecule has 0 spiro atoms.